The van der Waals surface area contributed by atoms with Crippen LogP contribution in [0.15, 0.2) is 78.2 Å². The Morgan fingerprint density at radius 2 is 1.38 bits per heavy atom. The summed E-state index contributed by atoms with van der Waals surface area (Å²) < 4.78 is 37.2. The first-order valence-corrected chi connectivity index (χ1v) is 21.4. The number of imidazole rings is 2. The first-order chi connectivity index (χ1) is 28.1. The Balaban J connectivity index is 0.000000176. The van der Waals surface area contributed by atoms with Gasteiger partial charge in [0.2, 0.25) is 0 Å². The predicted octanol–water partition coefficient (Wildman–Crippen LogP) is 8.21. The number of nitrogens with one attached hydrogen (secondary N) is 1. The number of benzene rings is 1. The van der Waals surface area contributed by atoms with Crippen LogP contribution in [0.2, 0.25) is 0 Å². The topological polar surface area (TPSA) is 179 Å². The molecule has 0 spiro atoms. The van der Waals surface area contributed by atoms with Crippen LogP contribution in [0.1, 0.15) is 112 Å². The van der Waals surface area contributed by atoms with Gasteiger partial charge in [-0.2, -0.15) is 0 Å². The van der Waals surface area contributed by atoms with Crippen molar-refractivity contribution in [1.82, 2.24) is 37.7 Å². The van der Waals surface area contributed by atoms with Crippen molar-refractivity contribution in [2.45, 2.75) is 94.8 Å². The fourth-order valence-corrected chi connectivity index (χ4v) is 9.59. The fourth-order valence-electron chi connectivity index (χ4n) is 8.29. The summed E-state index contributed by atoms with van der Waals surface area (Å²) in [6.07, 6.45) is 24.0. The van der Waals surface area contributed by atoms with E-state index in [1.165, 1.54) is 35.7 Å². The van der Waals surface area contributed by atoms with Crippen molar-refractivity contribution in [3.8, 4) is 0 Å². The van der Waals surface area contributed by atoms with E-state index in [9.17, 15) is 18.0 Å². The van der Waals surface area contributed by atoms with E-state index < -0.39 is 22.0 Å². The van der Waals surface area contributed by atoms with Crippen LogP contribution in [-0.2, 0) is 24.3 Å². The lowest BCUT2D eigenvalue weighted by Gasteiger charge is -2.20. The third kappa shape index (κ3) is 7.53. The summed E-state index contributed by atoms with van der Waals surface area (Å²) in [6, 6.07) is 10.5. The zero-order valence-electron chi connectivity index (χ0n) is 32.5. The van der Waals surface area contributed by atoms with Crippen molar-refractivity contribution in [3.05, 3.63) is 102 Å². The summed E-state index contributed by atoms with van der Waals surface area (Å²) in [5.41, 5.74) is 6.67. The molecule has 9 rings (SSSR count). The Labute approximate surface area is 335 Å². The fraction of sp³-hybridized carbons (Fsp3) is 0.349. The van der Waals surface area contributed by atoms with Gasteiger partial charge in [-0.3, -0.25) is 8.80 Å². The van der Waals surface area contributed by atoms with Crippen molar-refractivity contribution < 1.29 is 27.9 Å². The quantitative estimate of drug-likeness (QED) is 0.107. The number of esters is 1. The third-order valence-electron chi connectivity index (χ3n) is 11.1. The average molecular weight is 803 g/mol. The van der Waals surface area contributed by atoms with Gasteiger partial charge < -0.3 is 14.8 Å². The number of aryl methyl sites for hydroxylation is 1. The molecular formula is C43H46N8O6S. The van der Waals surface area contributed by atoms with E-state index in [1.807, 2.05) is 23.6 Å². The van der Waals surface area contributed by atoms with Crippen LogP contribution < -0.4 is 0 Å². The van der Waals surface area contributed by atoms with Gasteiger partial charge in [0.1, 0.15) is 11.6 Å². The number of carbonyl (C=O) groups excluding carboxylic acids is 1. The van der Waals surface area contributed by atoms with Gasteiger partial charge in [-0.05, 0) is 75.9 Å². The number of hydrogen-bond acceptors (Lipinski definition) is 9. The molecule has 0 aliphatic heterocycles. The van der Waals surface area contributed by atoms with E-state index in [0.717, 1.165) is 84.0 Å². The Bertz CT molecular complexity index is 2800. The highest BCUT2D eigenvalue weighted by atomic mass is 32.2. The first kappa shape index (κ1) is 38.8. The first-order valence-electron chi connectivity index (χ1n) is 19.9. The summed E-state index contributed by atoms with van der Waals surface area (Å²) in [7, 11) is -3.82. The molecule has 1 aromatic carbocycles. The zero-order valence-corrected chi connectivity index (χ0v) is 33.4. The molecule has 2 aliphatic carbocycles. The molecular weight excluding hydrogens is 757 g/mol. The Kier molecular flexibility index (Phi) is 11.0. The molecule has 300 valence electrons. The van der Waals surface area contributed by atoms with Crippen molar-refractivity contribution in [3.63, 3.8) is 0 Å². The molecule has 0 amide bonds. The van der Waals surface area contributed by atoms with Gasteiger partial charge in [0.25, 0.3) is 10.0 Å². The maximum absolute atomic E-state index is 13.4. The average Bonchev–Trinajstić information content (AvgIpc) is 4.04. The van der Waals surface area contributed by atoms with Crippen molar-refractivity contribution in [2.75, 3.05) is 6.61 Å². The monoisotopic (exact) mass is 802 g/mol. The number of carbonyl (C=O) groups is 2. The second-order valence-electron chi connectivity index (χ2n) is 14.9. The number of carboxylic acid groups (broad SMARTS) is 1. The van der Waals surface area contributed by atoms with E-state index in [2.05, 4.69) is 19.4 Å². The minimum Gasteiger partial charge on any atom is -0.478 e. The van der Waals surface area contributed by atoms with Crippen LogP contribution in [0.4, 0.5) is 0 Å². The van der Waals surface area contributed by atoms with Crippen LogP contribution in [-0.4, -0.2) is 69.8 Å². The zero-order chi connectivity index (χ0) is 40.4. The van der Waals surface area contributed by atoms with E-state index in [1.54, 1.807) is 68.0 Å². The summed E-state index contributed by atoms with van der Waals surface area (Å²) >= 11 is 0. The van der Waals surface area contributed by atoms with Gasteiger partial charge in [-0.1, -0.05) is 56.2 Å². The van der Waals surface area contributed by atoms with Crippen molar-refractivity contribution in [1.29, 1.82) is 0 Å². The minimum atomic E-state index is -3.82. The number of nitrogens with zero attached hydrogens (tertiary/aromatic N) is 7. The maximum atomic E-state index is 13.4. The smallest absolute Gasteiger partial charge is 0.330 e. The standard InChI is InChI=1S/C26H28N4O4S.C17H18N4O2/c1-3-34-24(31)14-13-21-23-17-27-26-22(30(23)25(28-21)19-7-5-4-6-8-19)15-16-29(26)35(32,33)20-11-9-18(2)10-12-20;22-15(23)7-6-12-14-10-19-16-13(8-9-18-16)21(14)17(20-12)11-4-2-1-3-5-11/h9-17,19H,3-8H2,1-2H3;6-11,18H,1-5H2,(H,22,23)/b14-13+;7-6+. The van der Waals surface area contributed by atoms with E-state index in [0.29, 0.717) is 35.1 Å². The molecule has 0 atom stereocenters. The van der Waals surface area contributed by atoms with Gasteiger partial charge in [-0.25, -0.2) is 41.9 Å². The second kappa shape index (κ2) is 16.4. The molecule has 15 heteroatoms. The lowest BCUT2D eigenvalue weighted by molar-refractivity contribution is -0.137. The van der Waals surface area contributed by atoms with Gasteiger partial charge in [0, 0.05) is 36.4 Å². The van der Waals surface area contributed by atoms with Crippen LogP contribution in [0.25, 0.3) is 45.5 Å². The van der Waals surface area contributed by atoms with Crippen molar-refractivity contribution in [2.24, 2.45) is 0 Å². The molecule has 6 aromatic heterocycles. The molecule has 2 N–H and O–H groups in total. The highest BCUT2D eigenvalue weighted by Crippen LogP contribution is 2.36. The number of aromatic nitrogens is 8. The number of rotatable bonds is 9. The number of fused-ring (bicyclic) bond motifs is 6. The van der Waals surface area contributed by atoms with Crippen LogP contribution in [0.3, 0.4) is 0 Å². The highest BCUT2D eigenvalue weighted by molar-refractivity contribution is 7.90. The number of H-pyrrole nitrogens is 1. The van der Waals surface area contributed by atoms with Crippen LogP contribution in [0.5, 0.6) is 0 Å². The van der Waals surface area contributed by atoms with Gasteiger partial charge >= 0.3 is 11.9 Å². The van der Waals surface area contributed by atoms with Gasteiger partial charge in [0.05, 0.1) is 57.4 Å². The Morgan fingerprint density at radius 1 is 0.793 bits per heavy atom. The van der Waals surface area contributed by atoms with Gasteiger partial charge in [0.15, 0.2) is 11.3 Å². The predicted molar refractivity (Wildman–Crippen MR) is 221 cm³/mol. The highest BCUT2D eigenvalue weighted by Gasteiger charge is 2.27. The molecule has 0 bridgehead atoms. The molecule has 0 saturated heterocycles. The molecule has 6 heterocycles. The Hall–Kier alpha value is -6.09. The molecule has 58 heavy (non-hydrogen) atoms. The molecule has 0 unspecified atom stereocenters. The number of hydrogen-bond donors (Lipinski definition) is 2. The molecule has 14 nitrogen and oxygen atoms in total. The minimum absolute atomic E-state index is 0.207. The number of aliphatic carboxylic acids is 1. The lowest BCUT2D eigenvalue weighted by Crippen LogP contribution is -2.13. The van der Waals surface area contributed by atoms with Crippen molar-refractivity contribution >= 4 is 67.5 Å². The van der Waals surface area contributed by atoms with Crippen LogP contribution in [0, 0.1) is 6.92 Å². The molecule has 2 aliphatic rings. The van der Waals surface area contributed by atoms with Crippen LogP contribution >= 0.6 is 0 Å². The molecule has 2 fully saturated rings. The normalized spacial score (nSPS) is 15.9. The van der Waals surface area contributed by atoms with E-state index >= 15 is 0 Å². The summed E-state index contributed by atoms with van der Waals surface area (Å²) in [5, 5.41) is 8.90. The third-order valence-corrected chi connectivity index (χ3v) is 12.8. The van der Waals surface area contributed by atoms with E-state index in [4.69, 9.17) is 19.8 Å². The lowest BCUT2D eigenvalue weighted by atomic mass is 9.89. The number of ether oxygens (including phenoxy) is 1. The summed E-state index contributed by atoms with van der Waals surface area (Å²) in [4.78, 5) is 44.7. The molecule has 2 saturated carbocycles. The molecule has 7 aromatic rings. The SMILES string of the molecule is CCOC(=O)/C=C/c1nc(C2CCCCC2)n2c1cnc1c2ccn1S(=O)(=O)c1ccc(C)cc1.O=C(O)/C=C/c1nc(C2CCCCC2)n2c1cnc1[nH]ccc12. The second-order valence-corrected chi connectivity index (χ2v) is 16.8. The van der Waals surface area contributed by atoms with Gasteiger partial charge in [-0.15, -0.1) is 0 Å². The Morgan fingerprint density at radius 3 is 1.98 bits per heavy atom. The summed E-state index contributed by atoms with van der Waals surface area (Å²) in [6.45, 7) is 3.97. The summed E-state index contributed by atoms with van der Waals surface area (Å²) in [5.74, 6) is 1.17. The largest absolute Gasteiger partial charge is 0.478 e. The molecule has 0 radical (unpaired) electrons. The number of aromatic amines is 1. The maximum Gasteiger partial charge on any atom is 0.330 e. The van der Waals surface area contributed by atoms with E-state index in [-0.39, 0.29) is 10.8 Å². The number of carboxylic acids is 1.